The first-order valence-electron chi connectivity index (χ1n) is 7.45. The third-order valence-electron chi connectivity index (χ3n) is 4.73. The summed E-state index contributed by atoms with van der Waals surface area (Å²) in [5.41, 5.74) is 6.48. The standard InChI is InChI=1S/C14H29N3S/c1-13(2)16-7-4-14(12-15,5-8-16)17-6-3-10-18-11-9-17/h13H,3-12,15H2,1-2H3. The van der Waals surface area contributed by atoms with Crippen molar-refractivity contribution in [3.8, 4) is 0 Å². The van der Waals surface area contributed by atoms with Gasteiger partial charge in [-0.25, -0.2) is 0 Å². The molecule has 0 aromatic rings. The molecule has 2 fully saturated rings. The van der Waals surface area contributed by atoms with Crippen LogP contribution in [0.25, 0.3) is 0 Å². The van der Waals surface area contributed by atoms with Crippen molar-refractivity contribution in [2.75, 3.05) is 44.2 Å². The van der Waals surface area contributed by atoms with Crippen LogP contribution < -0.4 is 5.73 Å². The van der Waals surface area contributed by atoms with E-state index in [0.717, 1.165) is 6.54 Å². The lowest BCUT2D eigenvalue weighted by Gasteiger charge is -2.49. The van der Waals surface area contributed by atoms with Crippen LogP contribution in [-0.2, 0) is 0 Å². The second-order valence-corrected chi connectivity index (χ2v) is 7.24. The molecule has 0 bridgehead atoms. The van der Waals surface area contributed by atoms with E-state index in [4.69, 9.17) is 5.73 Å². The molecule has 0 amide bonds. The maximum Gasteiger partial charge on any atom is 0.0356 e. The minimum atomic E-state index is 0.302. The summed E-state index contributed by atoms with van der Waals surface area (Å²) in [7, 11) is 0. The van der Waals surface area contributed by atoms with Gasteiger partial charge in [0.25, 0.3) is 0 Å². The normalized spacial score (nSPS) is 27.3. The third-order valence-corrected chi connectivity index (χ3v) is 5.78. The summed E-state index contributed by atoms with van der Waals surface area (Å²) in [6.45, 7) is 10.4. The Morgan fingerprint density at radius 3 is 2.44 bits per heavy atom. The summed E-state index contributed by atoms with van der Waals surface area (Å²) in [6.07, 6.45) is 3.85. The van der Waals surface area contributed by atoms with E-state index in [-0.39, 0.29) is 0 Å². The van der Waals surface area contributed by atoms with E-state index in [2.05, 4.69) is 35.4 Å². The molecule has 0 spiro atoms. The van der Waals surface area contributed by atoms with Gasteiger partial charge in [0.05, 0.1) is 0 Å². The number of hydrogen-bond donors (Lipinski definition) is 1. The number of nitrogens with two attached hydrogens (primary N) is 1. The molecule has 4 heteroatoms. The fourth-order valence-corrected chi connectivity index (χ4v) is 4.21. The van der Waals surface area contributed by atoms with Crippen molar-refractivity contribution in [3.05, 3.63) is 0 Å². The molecule has 18 heavy (non-hydrogen) atoms. The molecule has 0 saturated carbocycles. The van der Waals surface area contributed by atoms with Gasteiger partial charge in [0.15, 0.2) is 0 Å². The first-order chi connectivity index (χ1) is 8.68. The molecular formula is C14H29N3S. The predicted octanol–water partition coefficient (Wildman–Crippen LogP) is 1.63. The zero-order chi connectivity index (χ0) is 13.0. The van der Waals surface area contributed by atoms with Crippen LogP contribution in [0, 0.1) is 0 Å². The Morgan fingerprint density at radius 1 is 1.11 bits per heavy atom. The molecule has 3 nitrogen and oxygen atoms in total. The molecule has 0 radical (unpaired) electrons. The highest BCUT2D eigenvalue weighted by Crippen LogP contribution is 2.30. The van der Waals surface area contributed by atoms with Gasteiger partial charge in [-0.1, -0.05) is 0 Å². The van der Waals surface area contributed by atoms with E-state index in [9.17, 15) is 0 Å². The van der Waals surface area contributed by atoms with Crippen LogP contribution in [0.5, 0.6) is 0 Å². The molecule has 2 heterocycles. The van der Waals surface area contributed by atoms with Crippen LogP contribution >= 0.6 is 11.8 Å². The Kier molecular flexibility index (Phi) is 5.36. The van der Waals surface area contributed by atoms with Crippen LogP contribution in [0.4, 0.5) is 0 Å². The van der Waals surface area contributed by atoms with Crippen LogP contribution in [0.2, 0.25) is 0 Å². The number of likely N-dealkylation sites (tertiary alicyclic amines) is 1. The van der Waals surface area contributed by atoms with Crippen molar-refractivity contribution in [1.29, 1.82) is 0 Å². The summed E-state index contributed by atoms with van der Waals surface area (Å²) in [4.78, 5) is 5.31. The van der Waals surface area contributed by atoms with Crippen LogP contribution in [0.15, 0.2) is 0 Å². The van der Waals surface area contributed by atoms with Crippen molar-refractivity contribution in [3.63, 3.8) is 0 Å². The third kappa shape index (κ3) is 3.21. The summed E-state index contributed by atoms with van der Waals surface area (Å²) in [6, 6.07) is 0.681. The van der Waals surface area contributed by atoms with E-state index < -0.39 is 0 Å². The molecular weight excluding hydrogens is 242 g/mol. The van der Waals surface area contributed by atoms with Gasteiger partial charge < -0.3 is 10.6 Å². The number of rotatable bonds is 3. The fraction of sp³-hybridized carbons (Fsp3) is 1.00. The Balaban J connectivity index is 1.98. The van der Waals surface area contributed by atoms with E-state index >= 15 is 0 Å². The molecule has 2 aliphatic rings. The number of nitrogens with zero attached hydrogens (tertiary/aromatic N) is 2. The van der Waals surface area contributed by atoms with Crippen LogP contribution in [-0.4, -0.2) is 65.6 Å². The van der Waals surface area contributed by atoms with E-state index in [1.807, 2.05) is 0 Å². The van der Waals surface area contributed by atoms with Gasteiger partial charge in [-0.15, -0.1) is 0 Å². The number of thioether (sulfide) groups is 1. The van der Waals surface area contributed by atoms with E-state index in [1.54, 1.807) is 0 Å². The fourth-order valence-electron chi connectivity index (χ4n) is 3.33. The van der Waals surface area contributed by atoms with Gasteiger partial charge in [-0.2, -0.15) is 11.8 Å². The molecule has 106 valence electrons. The topological polar surface area (TPSA) is 32.5 Å². The van der Waals surface area contributed by atoms with Crippen LogP contribution in [0.1, 0.15) is 33.1 Å². The largest absolute Gasteiger partial charge is 0.329 e. The highest BCUT2D eigenvalue weighted by atomic mass is 32.2. The summed E-state index contributed by atoms with van der Waals surface area (Å²) in [5.74, 6) is 2.62. The maximum absolute atomic E-state index is 6.17. The summed E-state index contributed by atoms with van der Waals surface area (Å²) in [5, 5.41) is 0. The smallest absolute Gasteiger partial charge is 0.0356 e. The van der Waals surface area contributed by atoms with Gasteiger partial charge in [-0.05, 0) is 45.4 Å². The summed E-state index contributed by atoms with van der Waals surface area (Å²) < 4.78 is 0. The SMILES string of the molecule is CC(C)N1CCC(CN)(N2CCCSCC2)CC1. The molecule has 2 N–H and O–H groups in total. The average Bonchev–Trinajstić information content (AvgIpc) is 2.68. The second-order valence-electron chi connectivity index (χ2n) is 6.01. The first kappa shape index (κ1) is 14.6. The van der Waals surface area contributed by atoms with E-state index in [1.165, 1.54) is 56.9 Å². The van der Waals surface area contributed by atoms with Gasteiger partial charge in [0.2, 0.25) is 0 Å². The minimum absolute atomic E-state index is 0.302. The lowest BCUT2D eigenvalue weighted by atomic mass is 9.85. The first-order valence-corrected chi connectivity index (χ1v) is 8.60. The predicted molar refractivity (Wildman–Crippen MR) is 81.2 cm³/mol. The van der Waals surface area contributed by atoms with E-state index in [0.29, 0.717) is 11.6 Å². The van der Waals surface area contributed by atoms with Crippen molar-refractivity contribution in [1.82, 2.24) is 9.80 Å². The highest BCUT2D eigenvalue weighted by molar-refractivity contribution is 7.99. The maximum atomic E-state index is 6.17. The highest BCUT2D eigenvalue weighted by Gasteiger charge is 2.39. The van der Waals surface area contributed by atoms with Crippen molar-refractivity contribution in [2.45, 2.75) is 44.7 Å². The summed E-state index contributed by atoms with van der Waals surface area (Å²) >= 11 is 2.11. The molecule has 2 saturated heterocycles. The van der Waals surface area contributed by atoms with Crippen molar-refractivity contribution in [2.24, 2.45) is 5.73 Å². The average molecular weight is 271 g/mol. The molecule has 0 unspecified atom stereocenters. The Bertz CT molecular complexity index is 241. The van der Waals surface area contributed by atoms with Crippen LogP contribution in [0.3, 0.4) is 0 Å². The van der Waals surface area contributed by atoms with Crippen molar-refractivity contribution < 1.29 is 0 Å². The number of hydrogen-bond acceptors (Lipinski definition) is 4. The molecule has 0 aromatic heterocycles. The molecule has 0 aliphatic carbocycles. The lowest BCUT2D eigenvalue weighted by molar-refractivity contribution is 0.0226. The Labute approximate surface area is 116 Å². The van der Waals surface area contributed by atoms with Gasteiger partial charge >= 0.3 is 0 Å². The Hall–Kier alpha value is 0.230. The zero-order valence-corrected chi connectivity index (χ0v) is 12.8. The lowest BCUT2D eigenvalue weighted by Crippen LogP contribution is -2.60. The monoisotopic (exact) mass is 271 g/mol. The second kappa shape index (κ2) is 6.60. The quantitative estimate of drug-likeness (QED) is 0.845. The van der Waals surface area contributed by atoms with Gasteiger partial charge in [-0.3, -0.25) is 4.90 Å². The Morgan fingerprint density at radius 2 is 1.83 bits per heavy atom. The molecule has 2 aliphatic heterocycles. The number of piperidine rings is 1. The van der Waals surface area contributed by atoms with Gasteiger partial charge in [0.1, 0.15) is 0 Å². The van der Waals surface area contributed by atoms with Crippen molar-refractivity contribution >= 4 is 11.8 Å². The zero-order valence-electron chi connectivity index (χ0n) is 12.0. The molecule has 2 rings (SSSR count). The molecule has 0 aromatic carbocycles. The molecule has 0 atom stereocenters. The minimum Gasteiger partial charge on any atom is -0.329 e. The van der Waals surface area contributed by atoms with Gasteiger partial charge in [0, 0.05) is 43.5 Å².